The van der Waals surface area contributed by atoms with Crippen molar-refractivity contribution in [3.8, 4) is 5.69 Å². The fourth-order valence-electron chi connectivity index (χ4n) is 2.63. The Morgan fingerprint density at radius 2 is 1.92 bits per heavy atom. The van der Waals surface area contributed by atoms with Crippen LogP contribution in [0.1, 0.15) is 19.0 Å². The normalized spacial score (nSPS) is 15.7. The lowest BCUT2D eigenvalue weighted by molar-refractivity contribution is -0.384. The minimum absolute atomic E-state index is 0.00394. The monoisotopic (exact) mass is 340 g/mol. The molecule has 0 saturated carbocycles. The van der Waals surface area contributed by atoms with Crippen LogP contribution < -0.4 is 5.32 Å². The van der Waals surface area contributed by atoms with Gasteiger partial charge >= 0.3 is 6.03 Å². The molecule has 8 nitrogen and oxygen atoms in total. The number of carbonyl (C=O) groups is 2. The van der Waals surface area contributed by atoms with Crippen molar-refractivity contribution in [1.29, 1.82) is 0 Å². The number of nitro groups is 1. The number of amides is 3. The molecule has 25 heavy (non-hydrogen) atoms. The molecular formula is C17H16N4O4. The number of carbonyl (C=O) groups excluding carboxylic acids is 2. The number of nitrogens with zero attached hydrogens (tertiary/aromatic N) is 3. The van der Waals surface area contributed by atoms with Gasteiger partial charge in [0.25, 0.3) is 11.6 Å². The van der Waals surface area contributed by atoms with Gasteiger partial charge in [0, 0.05) is 36.3 Å². The molecule has 0 aliphatic carbocycles. The summed E-state index contributed by atoms with van der Waals surface area (Å²) in [5, 5.41) is 13.3. The number of benzene rings is 1. The smallest absolute Gasteiger partial charge is 0.317 e. The van der Waals surface area contributed by atoms with Crippen LogP contribution in [0.15, 0.2) is 48.3 Å². The van der Waals surface area contributed by atoms with Crippen molar-refractivity contribution in [3.05, 3.63) is 64.1 Å². The molecule has 0 radical (unpaired) electrons. The summed E-state index contributed by atoms with van der Waals surface area (Å²) in [6, 6.07) is 9.23. The summed E-state index contributed by atoms with van der Waals surface area (Å²) in [5.41, 5.74) is 1.60. The van der Waals surface area contributed by atoms with Crippen LogP contribution in [0.3, 0.4) is 0 Å². The van der Waals surface area contributed by atoms with E-state index in [1.54, 1.807) is 41.1 Å². The van der Waals surface area contributed by atoms with Gasteiger partial charge in [-0.1, -0.05) is 6.92 Å². The van der Waals surface area contributed by atoms with Crippen molar-refractivity contribution < 1.29 is 14.5 Å². The molecule has 2 aromatic rings. The maximum Gasteiger partial charge on any atom is 0.329 e. The number of urea groups is 1. The predicted octanol–water partition coefficient (Wildman–Crippen LogP) is 2.69. The summed E-state index contributed by atoms with van der Waals surface area (Å²) in [6.45, 7) is 2.26. The van der Waals surface area contributed by atoms with Crippen LogP contribution in [0.2, 0.25) is 0 Å². The van der Waals surface area contributed by atoms with Gasteiger partial charge < -0.3 is 9.88 Å². The largest absolute Gasteiger partial charge is 0.329 e. The van der Waals surface area contributed by atoms with Crippen molar-refractivity contribution in [1.82, 2.24) is 14.8 Å². The summed E-state index contributed by atoms with van der Waals surface area (Å²) in [5.74, 6) is -0.358. The average Bonchev–Trinajstić information content (AvgIpc) is 3.16. The molecular weight excluding hydrogens is 324 g/mol. The molecule has 1 fully saturated rings. The molecule has 0 bridgehead atoms. The Bertz CT molecular complexity index is 867. The van der Waals surface area contributed by atoms with E-state index in [4.69, 9.17) is 0 Å². The summed E-state index contributed by atoms with van der Waals surface area (Å²) >= 11 is 0. The fourth-order valence-corrected chi connectivity index (χ4v) is 2.63. The third-order valence-electron chi connectivity index (χ3n) is 3.82. The van der Waals surface area contributed by atoms with E-state index in [2.05, 4.69) is 5.32 Å². The van der Waals surface area contributed by atoms with Gasteiger partial charge in [-0.25, -0.2) is 4.79 Å². The number of hydrogen-bond donors (Lipinski definition) is 1. The first-order chi connectivity index (χ1) is 12.0. The van der Waals surface area contributed by atoms with Gasteiger partial charge in [0.05, 0.1) is 4.92 Å². The average molecular weight is 340 g/mol. The maximum absolute atomic E-state index is 12.3. The highest BCUT2D eigenvalue weighted by molar-refractivity contribution is 6.13. The van der Waals surface area contributed by atoms with E-state index in [0.29, 0.717) is 24.3 Å². The first kappa shape index (κ1) is 16.4. The van der Waals surface area contributed by atoms with Crippen molar-refractivity contribution in [2.75, 3.05) is 6.54 Å². The Hall–Kier alpha value is -3.42. The second kappa shape index (κ2) is 6.60. The molecule has 1 saturated heterocycles. The van der Waals surface area contributed by atoms with Crippen LogP contribution in [0.25, 0.3) is 11.8 Å². The Morgan fingerprint density at radius 3 is 2.56 bits per heavy atom. The van der Waals surface area contributed by atoms with Crippen molar-refractivity contribution >= 4 is 23.7 Å². The van der Waals surface area contributed by atoms with E-state index in [1.165, 1.54) is 17.0 Å². The molecule has 2 heterocycles. The number of non-ortho nitro benzene ring substituents is 1. The van der Waals surface area contributed by atoms with Crippen LogP contribution in [0, 0.1) is 10.1 Å². The molecule has 1 aliphatic heterocycles. The number of aromatic nitrogens is 1. The molecule has 3 rings (SSSR count). The Balaban J connectivity index is 1.91. The summed E-state index contributed by atoms with van der Waals surface area (Å²) in [4.78, 5) is 35.6. The van der Waals surface area contributed by atoms with Gasteiger partial charge in [0.15, 0.2) is 0 Å². The van der Waals surface area contributed by atoms with Crippen molar-refractivity contribution in [2.24, 2.45) is 0 Å². The number of imide groups is 1. The molecule has 8 heteroatoms. The van der Waals surface area contributed by atoms with Gasteiger partial charge in [-0.15, -0.1) is 0 Å². The minimum atomic E-state index is -0.461. The van der Waals surface area contributed by atoms with Gasteiger partial charge in [-0.05, 0) is 36.8 Å². The van der Waals surface area contributed by atoms with E-state index in [-0.39, 0.29) is 17.3 Å². The van der Waals surface area contributed by atoms with E-state index < -0.39 is 11.0 Å². The Morgan fingerprint density at radius 1 is 1.20 bits per heavy atom. The highest BCUT2D eigenvalue weighted by atomic mass is 16.6. The molecule has 0 unspecified atom stereocenters. The topological polar surface area (TPSA) is 97.5 Å². The summed E-state index contributed by atoms with van der Waals surface area (Å²) in [7, 11) is 0. The van der Waals surface area contributed by atoms with Crippen LogP contribution in [-0.2, 0) is 4.79 Å². The van der Waals surface area contributed by atoms with Crippen LogP contribution in [-0.4, -0.2) is 32.9 Å². The zero-order valence-electron chi connectivity index (χ0n) is 13.5. The zero-order chi connectivity index (χ0) is 18.0. The number of nitrogens with one attached hydrogen (secondary N) is 1. The fraction of sp³-hybridized carbons (Fsp3) is 0.176. The summed E-state index contributed by atoms with van der Waals surface area (Å²) < 4.78 is 1.78. The maximum atomic E-state index is 12.3. The van der Waals surface area contributed by atoms with E-state index in [0.717, 1.165) is 0 Å². The van der Waals surface area contributed by atoms with Crippen LogP contribution in [0.5, 0.6) is 0 Å². The van der Waals surface area contributed by atoms with Gasteiger partial charge in [0.2, 0.25) is 0 Å². The van der Waals surface area contributed by atoms with Crippen molar-refractivity contribution in [2.45, 2.75) is 13.3 Å². The lowest BCUT2D eigenvalue weighted by Crippen LogP contribution is -2.31. The second-order valence-electron chi connectivity index (χ2n) is 5.52. The van der Waals surface area contributed by atoms with E-state index in [1.807, 2.05) is 6.92 Å². The number of hydrogen-bond acceptors (Lipinski definition) is 4. The molecule has 0 spiro atoms. The van der Waals surface area contributed by atoms with Crippen LogP contribution in [0.4, 0.5) is 10.5 Å². The number of rotatable bonds is 5. The first-order valence-electron chi connectivity index (χ1n) is 7.78. The quantitative estimate of drug-likeness (QED) is 0.391. The summed E-state index contributed by atoms with van der Waals surface area (Å²) in [6.07, 6.45) is 4.06. The number of nitro benzene ring substituents is 1. The Labute approximate surface area is 143 Å². The third-order valence-corrected chi connectivity index (χ3v) is 3.82. The third kappa shape index (κ3) is 3.14. The van der Waals surface area contributed by atoms with E-state index in [9.17, 15) is 19.7 Å². The molecule has 0 atom stereocenters. The van der Waals surface area contributed by atoms with Gasteiger partial charge in [0.1, 0.15) is 5.70 Å². The van der Waals surface area contributed by atoms with Gasteiger partial charge in [-0.3, -0.25) is 19.8 Å². The first-order valence-corrected chi connectivity index (χ1v) is 7.78. The molecule has 3 amide bonds. The lowest BCUT2D eigenvalue weighted by atomic mass is 10.2. The molecule has 1 aromatic carbocycles. The molecule has 1 aromatic heterocycles. The molecule has 128 valence electrons. The van der Waals surface area contributed by atoms with E-state index >= 15 is 0 Å². The Kier molecular flexibility index (Phi) is 4.34. The van der Waals surface area contributed by atoms with Crippen LogP contribution >= 0.6 is 0 Å². The SMILES string of the molecule is CCCN1C(=O)N/C(=C/c2cccn2-c2ccc([N+](=O)[O-])cc2)C1=O. The molecule has 1 aliphatic rings. The molecule has 1 N–H and O–H groups in total. The second-order valence-corrected chi connectivity index (χ2v) is 5.52. The highest BCUT2D eigenvalue weighted by Crippen LogP contribution is 2.20. The predicted molar refractivity (Wildman–Crippen MR) is 90.9 cm³/mol. The standard InChI is InChI=1S/C17H16N4O4/c1-2-9-20-16(22)15(18-17(20)23)11-14-4-3-10-19(14)12-5-7-13(8-6-12)21(24)25/h3-8,10-11H,2,9H2,1H3,(H,18,23)/b15-11+. The zero-order valence-corrected chi connectivity index (χ0v) is 13.5. The highest BCUT2D eigenvalue weighted by Gasteiger charge is 2.32. The van der Waals surface area contributed by atoms with Crippen molar-refractivity contribution in [3.63, 3.8) is 0 Å². The van der Waals surface area contributed by atoms with Gasteiger partial charge in [-0.2, -0.15) is 0 Å². The lowest BCUT2D eigenvalue weighted by Gasteiger charge is -2.09. The minimum Gasteiger partial charge on any atom is -0.317 e.